The molecule has 43 heavy (non-hydrogen) atoms. The molecule has 0 fully saturated rings. The summed E-state index contributed by atoms with van der Waals surface area (Å²) in [6, 6.07) is 15.2. The number of rotatable bonds is 13. The molecular formula is C32H40BrN5O5. The van der Waals surface area contributed by atoms with Gasteiger partial charge in [0.1, 0.15) is 11.4 Å². The smallest absolute Gasteiger partial charge is 0.217 e. The quantitative estimate of drug-likeness (QED) is 0.206. The summed E-state index contributed by atoms with van der Waals surface area (Å²) in [6.07, 6.45) is 0.338. The van der Waals surface area contributed by atoms with Crippen LogP contribution in [0.15, 0.2) is 53.0 Å². The SMILES string of the molecule is CCOc1cc(C(c2cc3cc(Br)ccc3nc2OC)C(O)(CCN(C)C)c2cc(OC)nc(OC)c2)cc(N(C)C)n1. The molecular weight excluding hydrogens is 614 g/mol. The molecule has 1 aromatic carbocycles. The van der Waals surface area contributed by atoms with Gasteiger partial charge in [-0.05, 0) is 68.9 Å². The normalized spacial score (nSPS) is 13.5. The maximum atomic E-state index is 13.2. The Labute approximate surface area is 261 Å². The number of anilines is 1. The molecule has 0 saturated carbocycles. The van der Waals surface area contributed by atoms with E-state index in [0.29, 0.717) is 60.0 Å². The summed E-state index contributed by atoms with van der Waals surface area (Å²) in [5.74, 6) is 1.48. The number of fused-ring (bicyclic) bond motifs is 1. The molecule has 0 saturated heterocycles. The monoisotopic (exact) mass is 653 g/mol. The standard InChI is InChI=1S/C32H40BrN5O5/c1-9-43-29-17-21(16-26(35-29)38(4)5)30(24-15-20-14-23(33)10-11-25(20)34-31(24)42-8)32(39,12-13-37(2)3)22-18-27(40-6)36-28(19-22)41-7/h10-11,14-19,30,39H,9,12-13H2,1-8H3. The van der Waals surface area contributed by atoms with Gasteiger partial charge in [0.25, 0.3) is 0 Å². The summed E-state index contributed by atoms with van der Waals surface area (Å²) < 4.78 is 23.8. The van der Waals surface area contributed by atoms with Crippen molar-refractivity contribution in [3.05, 3.63) is 69.7 Å². The van der Waals surface area contributed by atoms with E-state index in [1.807, 2.05) is 81.3 Å². The lowest BCUT2D eigenvalue weighted by molar-refractivity contribution is 0.00325. The third-order valence-corrected chi connectivity index (χ3v) is 7.78. The van der Waals surface area contributed by atoms with E-state index in [1.54, 1.807) is 19.2 Å². The molecule has 0 bridgehead atoms. The van der Waals surface area contributed by atoms with Crippen LogP contribution in [0.1, 0.15) is 36.0 Å². The van der Waals surface area contributed by atoms with E-state index in [-0.39, 0.29) is 0 Å². The second-order valence-corrected chi connectivity index (χ2v) is 11.6. The van der Waals surface area contributed by atoms with Crippen LogP contribution in [-0.2, 0) is 5.60 Å². The van der Waals surface area contributed by atoms with Gasteiger partial charge < -0.3 is 33.9 Å². The van der Waals surface area contributed by atoms with Gasteiger partial charge in [-0.15, -0.1) is 0 Å². The third-order valence-electron chi connectivity index (χ3n) is 7.28. The van der Waals surface area contributed by atoms with Gasteiger partial charge >= 0.3 is 0 Å². The van der Waals surface area contributed by atoms with Crippen LogP contribution in [0.2, 0.25) is 0 Å². The summed E-state index contributed by atoms with van der Waals surface area (Å²) in [5, 5.41) is 14.1. The summed E-state index contributed by atoms with van der Waals surface area (Å²) >= 11 is 3.60. The van der Waals surface area contributed by atoms with Crippen molar-refractivity contribution in [2.24, 2.45) is 0 Å². The summed E-state index contributed by atoms with van der Waals surface area (Å²) in [6.45, 7) is 2.92. The summed E-state index contributed by atoms with van der Waals surface area (Å²) in [5.41, 5.74) is 1.28. The van der Waals surface area contributed by atoms with Crippen LogP contribution >= 0.6 is 15.9 Å². The number of aromatic nitrogens is 3. The first-order valence-corrected chi connectivity index (χ1v) is 14.8. The van der Waals surface area contributed by atoms with Crippen molar-refractivity contribution < 1.29 is 24.1 Å². The largest absolute Gasteiger partial charge is 0.481 e. The van der Waals surface area contributed by atoms with Crippen molar-refractivity contribution in [2.75, 3.05) is 67.6 Å². The highest BCUT2D eigenvalue weighted by molar-refractivity contribution is 9.10. The molecule has 4 rings (SSSR count). The van der Waals surface area contributed by atoms with Crippen LogP contribution in [0, 0.1) is 0 Å². The highest BCUT2D eigenvalue weighted by Gasteiger charge is 2.43. The Balaban J connectivity index is 2.14. The second kappa shape index (κ2) is 13.7. The first-order valence-electron chi connectivity index (χ1n) is 14.0. The highest BCUT2D eigenvalue weighted by Crippen LogP contribution is 2.49. The van der Waals surface area contributed by atoms with Gasteiger partial charge in [0.2, 0.25) is 23.5 Å². The molecule has 0 amide bonds. The maximum Gasteiger partial charge on any atom is 0.217 e. The lowest BCUT2D eigenvalue weighted by Crippen LogP contribution is -2.38. The average Bonchev–Trinajstić information content (AvgIpc) is 2.99. The highest BCUT2D eigenvalue weighted by atomic mass is 79.9. The predicted molar refractivity (Wildman–Crippen MR) is 172 cm³/mol. The molecule has 4 aromatic rings. The number of hydrogen-bond donors (Lipinski definition) is 1. The maximum absolute atomic E-state index is 13.2. The zero-order valence-electron chi connectivity index (χ0n) is 26.0. The minimum atomic E-state index is -1.53. The Kier molecular flexibility index (Phi) is 10.3. The molecule has 1 N–H and O–H groups in total. The Morgan fingerprint density at radius 1 is 0.860 bits per heavy atom. The van der Waals surface area contributed by atoms with Gasteiger partial charge in [-0.3, -0.25) is 0 Å². The van der Waals surface area contributed by atoms with Crippen molar-refractivity contribution in [3.63, 3.8) is 0 Å². The molecule has 2 unspecified atom stereocenters. The van der Waals surface area contributed by atoms with Crippen LogP contribution in [-0.4, -0.2) is 87.6 Å². The Hall–Kier alpha value is -3.67. The zero-order chi connectivity index (χ0) is 31.3. The van der Waals surface area contributed by atoms with Crippen molar-refractivity contribution in [2.45, 2.75) is 24.9 Å². The van der Waals surface area contributed by atoms with Crippen molar-refractivity contribution in [1.82, 2.24) is 19.9 Å². The molecule has 0 aliphatic rings. The average molecular weight is 655 g/mol. The van der Waals surface area contributed by atoms with Gasteiger partial charge in [-0.1, -0.05) is 15.9 Å². The molecule has 3 heterocycles. The van der Waals surface area contributed by atoms with Gasteiger partial charge in [0.15, 0.2) is 0 Å². The molecule has 0 aliphatic heterocycles. The van der Waals surface area contributed by atoms with Crippen LogP contribution in [0.3, 0.4) is 0 Å². The number of methoxy groups -OCH3 is 3. The number of nitrogens with zero attached hydrogens (tertiary/aromatic N) is 5. The number of hydrogen-bond acceptors (Lipinski definition) is 10. The van der Waals surface area contributed by atoms with Gasteiger partial charge in [0.05, 0.1) is 33.5 Å². The minimum Gasteiger partial charge on any atom is -0.481 e. The van der Waals surface area contributed by atoms with Crippen molar-refractivity contribution >= 4 is 32.7 Å². The summed E-state index contributed by atoms with van der Waals surface area (Å²) in [7, 11) is 12.5. The van der Waals surface area contributed by atoms with E-state index < -0.39 is 11.5 Å². The molecule has 2 atom stereocenters. The first-order chi connectivity index (χ1) is 20.5. The molecule has 0 radical (unpaired) electrons. The fraction of sp³-hybridized carbons (Fsp3) is 0.406. The minimum absolute atomic E-state index is 0.322. The first kappa shape index (κ1) is 32.2. The fourth-order valence-electron chi connectivity index (χ4n) is 5.15. The van der Waals surface area contributed by atoms with E-state index in [1.165, 1.54) is 14.2 Å². The van der Waals surface area contributed by atoms with Crippen LogP contribution in [0.5, 0.6) is 23.5 Å². The zero-order valence-corrected chi connectivity index (χ0v) is 27.6. The topological polar surface area (TPSA) is 102 Å². The Morgan fingerprint density at radius 3 is 2.14 bits per heavy atom. The fourth-order valence-corrected chi connectivity index (χ4v) is 5.53. The van der Waals surface area contributed by atoms with Crippen molar-refractivity contribution in [1.29, 1.82) is 0 Å². The van der Waals surface area contributed by atoms with E-state index >= 15 is 0 Å². The number of benzene rings is 1. The molecule has 11 heteroatoms. The number of pyridine rings is 3. The van der Waals surface area contributed by atoms with Crippen LogP contribution in [0.25, 0.3) is 10.9 Å². The van der Waals surface area contributed by atoms with E-state index in [2.05, 4.69) is 20.9 Å². The Morgan fingerprint density at radius 2 is 1.56 bits per heavy atom. The number of halogens is 1. The lowest BCUT2D eigenvalue weighted by atomic mass is 9.72. The number of aliphatic hydroxyl groups is 1. The second-order valence-electron chi connectivity index (χ2n) is 10.7. The van der Waals surface area contributed by atoms with Gasteiger partial charge in [-0.25, -0.2) is 4.98 Å². The van der Waals surface area contributed by atoms with E-state index in [0.717, 1.165) is 20.9 Å². The van der Waals surface area contributed by atoms with E-state index in [9.17, 15) is 5.11 Å². The number of ether oxygens (including phenoxy) is 4. The lowest BCUT2D eigenvalue weighted by Gasteiger charge is -2.39. The third kappa shape index (κ3) is 7.11. The van der Waals surface area contributed by atoms with Gasteiger partial charge in [-0.2, -0.15) is 9.97 Å². The van der Waals surface area contributed by atoms with Gasteiger partial charge in [0, 0.05) is 60.2 Å². The summed E-state index contributed by atoms with van der Waals surface area (Å²) in [4.78, 5) is 17.9. The Bertz CT molecular complexity index is 1540. The van der Waals surface area contributed by atoms with Crippen molar-refractivity contribution in [3.8, 4) is 23.5 Å². The van der Waals surface area contributed by atoms with E-state index in [4.69, 9.17) is 28.9 Å². The molecule has 230 valence electrons. The molecule has 3 aromatic heterocycles. The predicted octanol–water partition coefficient (Wildman–Crippen LogP) is 5.25. The molecule has 0 aliphatic carbocycles. The molecule has 10 nitrogen and oxygen atoms in total. The molecule has 0 spiro atoms. The van der Waals surface area contributed by atoms with Crippen LogP contribution in [0.4, 0.5) is 5.82 Å². The van der Waals surface area contributed by atoms with Crippen LogP contribution < -0.4 is 23.8 Å².